The van der Waals surface area contributed by atoms with Crippen LogP contribution in [0.25, 0.3) is 0 Å². The topological polar surface area (TPSA) is 41.9 Å². The fourth-order valence-corrected chi connectivity index (χ4v) is 2.81. The molecule has 5 heteroatoms. The van der Waals surface area contributed by atoms with Gasteiger partial charge >= 0.3 is 7.12 Å². The van der Waals surface area contributed by atoms with E-state index in [9.17, 15) is 5.11 Å². The van der Waals surface area contributed by atoms with E-state index in [0.717, 1.165) is 23.1 Å². The molecule has 1 aromatic carbocycles. The van der Waals surface area contributed by atoms with Gasteiger partial charge in [0.25, 0.3) is 0 Å². The third kappa shape index (κ3) is 1.92. The Morgan fingerprint density at radius 1 is 1.20 bits per heavy atom. The molecule has 0 amide bonds. The quantitative estimate of drug-likeness (QED) is 0.787. The molecular formula is C15H22BNO3. The number of aliphatic hydroxyl groups is 1. The first-order valence-corrected chi connectivity index (χ1v) is 7.08. The Morgan fingerprint density at radius 2 is 1.80 bits per heavy atom. The van der Waals surface area contributed by atoms with E-state index in [0.29, 0.717) is 0 Å². The van der Waals surface area contributed by atoms with Gasteiger partial charge in [-0.25, -0.2) is 0 Å². The van der Waals surface area contributed by atoms with Gasteiger partial charge in [0, 0.05) is 6.54 Å². The summed E-state index contributed by atoms with van der Waals surface area (Å²) in [6.07, 6.45) is -0.535. The molecular weight excluding hydrogens is 253 g/mol. The first kappa shape index (κ1) is 14.1. The summed E-state index contributed by atoms with van der Waals surface area (Å²) in [6, 6.07) is 5.96. The second kappa shape index (κ2) is 4.31. The number of hydrogen-bond donors (Lipinski definition) is 1. The van der Waals surface area contributed by atoms with E-state index in [2.05, 4.69) is 27.7 Å². The van der Waals surface area contributed by atoms with Crippen molar-refractivity contribution >= 4 is 12.6 Å². The van der Waals surface area contributed by atoms with Crippen LogP contribution < -0.4 is 5.46 Å². The summed E-state index contributed by atoms with van der Waals surface area (Å²) in [5.41, 5.74) is 2.43. The molecule has 3 rings (SSSR count). The molecule has 1 N–H and O–H groups in total. The van der Waals surface area contributed by atoms with Gasteiger partial charge in [-0.3, -0.25) is 4.90 Å². The second-order valence-corrected chi connectivity index (χ2v) is 6.79. The standard InChI is InChI=1S/C15H22BNO3/c1-14(2)15(3,4)20-16(19-14)12-8-6-7-10-11(12)9-17(5)13(10)18/h6-8,13,18H,9H2,1-5H3. The molecule has 0 spiro atoms. The maximum atomic E-state index is 10.2. The van der Waals surface area contributed by atoms with E-state index in [1.165, 1.54) is 0 Å². The monoisotopic (exact) mass is 275 g/mol. The van der Waals surface area contributed by atoms with Gasteiger partial charge in [0.05, 0.1) is 11.2 Å². The second-order valence-electron chi connectivity index (χ2n) is 6.79. The maximum absolute atomic E-state index is 10.2. The number of benzene rings is 1. The Balaban J connectivity index is 1.99. The van der Waals surface area contributed by atoms with Crippen LogP contribution in [-0.4, -0.2) is 35.4 Å². The van der Waals surface area contributed by atoms with E-state index in [1.807, 2.05) is 30.1 Å². The lowest BCUT2D eigenvalue weighted by atomic mass is 9.75. The molecule has 4 nitrogen and oxygen atoms in total. The minimum Gasteiger partial charge on any atom is -0.399 e. The van der Waals surface area contributed by atoms with E-state index in [4.69, 9.17) is 9.31 Å². The van der Waals surface area contributed by atoms with Crippen molar-refractivity contribution in [1.29, 1.82) is 0 Å². The van der Waals surface area contributed by atoms with Crippen LogP contribution in [0, 0.1) is 0 Å². The summed E-state index contributed by atoms with van der Waals surface area (Å²) in [7, 11) is 1.55. The van der Waals surface area contributed by atoms with Crippen LogP contribution >= 0.6 is 0 Å². The van der Waals surface area contributed by atoms with Crippen LogP contribution in [0.15, 0.2) is 18.2 Å². The van der Waals surface area contributed by atoms with Crippen LogP contribution in [0.1, 0.15) is 45.0 Å². The minimum absolute atomic E-state index is 0.344. The zero-order chi connectivity index (χ0) is 14.7. The van der Waals surface area contributed by atoms with Crippen molar-refractivity contribution in [3.05, 3.63) is 29.3 Å². The summed E-state index contributed by atoms with van der Waals surface area (Å²) in [5.74, 6) is 0. The van der Waals surface area contributed by atoms with Gasteiger partial charge in [0.15, 0.2) is 0 Å². The molecule has 0 aromatic heterocycles. The van der Waals surface area contributed by atoms with Crippen LogP contribution in [0.3, 0.4) is 0 Å². The van der Waals surface area contributed by atoms with Gasteiger partial charge in [-0.05, 0) is 51.3 Å². The number of fused-ring (bicyclic) bond motifs is 1. The Bertz CT molecular complexity index is 528. The first-order valence-electron chi connectivity index (χ1n) is 7.08. The molecule has 2 aliphatic heterocycles. The molecule has 2 heterocycles. The zero-order valence-corrected chi connectivity index (χ0v) is 12.8. The summed E-state index contributed by atoms with van der Waals surface area (Å²) in [5, 5.41) is 10.2. The van der Waals surface area contributed by atoms with Crippen molar-refractivity contribution in [3.8, 4) is 0 Å². The maximum Gasteiger partial charge on any atom is 0.495 e. The minimum atomic E-state index is -0.535. The SMILES string of the molecule is CN1Cc2c(B3OC(C)(C)C(C)(C)O3)cccc2C1O. The van der Waals surface area contributed by atoms with Crippen LogP contribution in [0.2, 0.25) is 0 Å². The fraction of sp³-hybridized carbons (Fsp3) is 0.600. The molecule has 0 aliphatic carbocycles. The van der Waals surface area contributed by atoms with E-state index in [1.54, 1.807) is 0 Å². The third-order valence-corrected chi connectivity index (χ3v) is 4.86. The molecule has 0 saturated carbocycles. The Kier molecular flexibility index (Phi) is 3.03. The highest BCUT2D eigenvalue weighted by Gasteiger charge is 2.52. The average molecular weight is 275 g/mol. The summed E-state index contributed by atoms with van der Waals surface area (Å²) in [6.45, 7) is 8.93. The smallest absolute Gasteiger partial charge is 0.399 e. The summed E-state index contributed by atoms with van der Waals surface area (Å²) in [4.78, 5) is 1.92. The number of aliphatic hydroxyl groups excluding tert-OH is 1. The number of rotatable bonds is 1. The van der Waals surface area contributed by atoms with Crippen molar-refractivity contribution in [1.82, 2.24) is 4.90 Å². The van der Waals surface area contributed by atoms with Crippen molar-refractivity contribution in [2.75, 3.05) is 7.05 Å². The van der Waals surface area contributed by atoms with Gasteiger partial charge in [-0.1, -0.05) is 18.2 Å². The molecule has 1 saturated heterocycles. The lowest BCUT2D eigenvalue weighted by molar-refractivity contribution is 0.00578. The molecule has 2 aliphatic rings. The van der Waals surface area contributed by atoms with Crippen molar-refractivity contribution in [3.63, 3.8) is 0 Å². The zero-order valence-electron chi connectivity index (χ0n) is 12.8. The predicted molar refractivity (Wildman–Crippen MR) is 78.6 cm³/mol. The van der Waals surface area contributed by atoms with Crippen LogP contribution in [-0.2, 0) is 15.9 Å². The van der Waals surface area contributed by atoms with Crippen LogP contribution in [0.4, 0.5) is 0 Å². The number of nitrogens with zero attached hydrogens (tertiary/aromatic N) is 1. The number of hydrogen-bond acceptors (Lipinski definition) is 4. The molecule has 0 bridgehead atoms. The highest BCUT2D eigenvalue weighted by atomic mass is 16.7. The van der Waals surface area contributed by atoms with E-state index >= 15 is 0 Å². The van der Waals surface area contributed by atoms with E-state index < -0.39 is 6.23 Å². The molecule has 0 radical (unpaired) electrons. The summed E-state index contributed by atoms with van der Waals surface area (Å²) < 4.78 is 12.2. The molecule has 108 valence electrons. The molecule has 20 heavy (non-hydrogen) atoms. The molecule has 1 unspecified atom stereocenters. The largest absolute Gasteiger partial charge is 0.495 e. The third-order valence-electron chi connectivity index (χ3n) is 4.86. The Morgan fingerprint density at radius 3 is 2.40 bits per heavy atom. The Labute approximate surface area is 120 Å². The van der Waals surface area contributed by atoms with Crippen molar-refractivity contribution < 1.29 is 14.4 Å². The van der Waals surface area contributed by atoms with Gasteiger partial charge < -0.3 is 14.4 Å². The highest BCUT2D eigenvalue weighted by molar-refractivity contribution is 6.62. The fourth-order valence-electron chi connectivity index (χ4n) is 2.81. The van der Waals surface area contributed by atoms with Gasteiger partial charge in [-0.2, -0.15) is 0 Å². The Hall–Kier alpha value is -0.875. The van der Waals surface area contributed by atoms with Gasteiger partial charge in [-0.15, -0.1) is 0 Å². The van der Waals surface area contributed by atoms with Crippen LogP contribution in [0.5, 0.6) is 0 Å². The lowest BCUT2D eigenvalue weighted by Crippen LogP contribution is -2.41. The van der Waals surface area contributed by atoms with Crippen molar-refractivity contribution in [2.45, 2.75) is 51.7 Å². The molecule has 1 fully saturated rings. The molecule has 1 atom stereocenters. The van der Waals surface area contributed by atoms with Gasteiger partial charge in [0.2, 0.25) is 0 Å². The van der Waals surface area contributed by atoms with E-state index in [-0.39, 0.29) is 18.3 Å². The van der Waals surface area contributed by atoms with Crippen molar-refractivity contribution in [2.24, 2.45) is 0 Å². The first-order chi connectivity index (χ1) is 9.23. The summed E-state index contributed by atoms with van der Waals surface area (Å²) >= 11 is 0. The predicted octanol–water partition coefficient (Wildman–Crippen LogP) is 1.42. The molecule has 1 aromatic rings. The lowest BCUT2D eigenvalue weighted by Gasteiger charge is -2.32. The average Bonchev–Trinajstić information content (AvgIpc) is 2.74. The van der Waals surface area contributed by atoms with Gasteiger partial charge in [0.1, 0.15) is 6.23 Å². The highest BCUT2D eigenvalue weighted by Crippen LogP contribution is 2.38. The normalized spacial score (nSPS) is 27.9.